The van der Waals surface area contributed by atoms with Crippen molar-refractivity contribution >= 4 is 33.8 Å². The third kappa shape index (κ3) is 6.54. The molecule has 0 bridgehead atoms. The molecule has 4 aromatic rings. The molecular formula is C27H30F4N6O3S. The standard InChI is InChI=1S/C27H30F4N6O3S/c1-26(2,39)22-8-7-21(41-22)25(38)32-12-23-34-24(35-40-23)20-11-15-17(33-18-9-10-36(3)13-16(18)28)5-4-6-19(15)37(20)14-27(29,30)31/h4-8,11,16,18,33,39H,9-10,12-14H2,1-3H3,(H,32,38)/t16-,18+/m0/s1. The van der Waals surface area contributed by atoms with Gasteiger partial charge in [-0.1, -0.05) is 11.2 Å². The van der Waals surface area contributed by atoms with E-state index in [9.17, 15) is 27.5 Å². The highest BCUT2D eigenvalue weighted by Gasteiger charge is 2.32. The van der Waals surface area contributed by atoms with E-state index >= 15 is 0 Å². The van der Waals surface area contributed by atoms with Crippen molar-refractivity contribution < 1.29 is 32.0 Å². The Bertz CT molecular complexity index is 1540. The van der Waals surface area contributed by atoms with Crippen LogP contribution in [0.25, 0.3) is 22.4 Å². The molecule has 220 valence electrons. The van der Waals surface area contributed by atoms with Crippen LogP contribution >= 0.6 is 11.3 Å². The van der Waals surface area contributed by atoms with Crippen LogP contribution in [-0.4, -0.2) is 69.1 Å². The summed E-state index contributed by atoms with van der Waals surface area (Å²) in [6, 6.07) is 9.19. The van der Waals surface area contributed by atoms with Gasteiger partial charge in [0.25, 0.3) is 5.91 Å². The van der Waals surface area contributed by atoms with Crippen LogP contribution in [0.2, 0.25) is 0 Å². The lowest BCUT2D eigenvalue weighted by atomic mass is 10.0. The maximum absolute atomic E-state index is 14.7. The minimum Gasteiger partial charge on any atom is -0.385 e. The molecule has 1 aliphatic heterocycles. The number of carbonyl (C=O) groups is 1. The second kappa shape index (κ2) is 11.1. The van der Waals surface area contributed by atoms with Crippen LogP contribution in [-0.2, 0) is 18.7 Å². The van der Waals surface area contributed by atoms with Crippen LogP contribution in [0.1, 0.15) is 40.7 Å². The van der Waals surface area contributed by atoms with E-state index in [1.165, 1.54) is 6.07 Å². The number of piperidine rings is 1. The van der Waals surface area contributed by atoms with Gasteiger partial charge in [-0.2, -0.15) is 18.2 Å². The van der Waals surface area contributed by atoms with Crippen molar-refractivity contribution in [2.24, 2.45) is 0 Å². The van der Waals surface area contributed by atoms with E-state index in [0.29, 0.717) is 33.8 Å². The van der Waals surface area contributed by atoms with Crippen molar-refractivity contribution in [2.75, 3.05) is 25.5 Å². The van der Waals surface area contributed by atoms with E-state index in [1.54, 1.807) is 44.2 Å². The maximum Gasteiger partial charge on any atom is 0.406 e. The fourth-order valence-electron chi connectivity index (χ4n) is 4.83. The zero-order chi connectivity index (χ0) is 29.5. The Balaban J connectivity index is 1.40. The van der Waals surface area contributed by atoms with Gasteiger partial charge in [0, 0.05) is 29.0 Å². The molecular weight excluding hydrogens is 564 g/mol. The number of alkyl halides is 4. The molecule has 1 amide bonds. The van der Waals surface area contributed by atoms with Crippen molar-refractivity contribution in [3.05, 3.63) is 52.0 Å². The number of anilines is 1. The molecule has 2 atom stereocenters. The van der Waals surface area contributed by atoms with E-state index in [0.717, 1.165) is 15.9 Å². The molecule has 0 saturated carbocycles. The van der Waals surface area contributed by atoms with Gasteiger partial charge >= 0.3 is 6.18 Å². The monoisotopic (exact) mass is 594 g/mol. The quantitative estimate of drug-likeness (QED) is 0.249. The summed E-state index contributed by atoms with van der Waals surface area (Å²) in [5.41, 5.74) is -0.221. The number of hydrogen-bond acceptors (Lipinski definition) is 8. The lowest BCUT2D eigenvalue weighted by Crippen LogP contribution is -2.46. The molecule has 1 aliphatic rings. The van der Waals surface area contributed by atoms with Crippen molar-refractivity contribution in [1.29, 1.82) is 0 Å². The topological polar surface area (TPSA) is 108 Å². The van der Waals surface area contributed by atoms with Crippen LogP contribution < -0.4 is 10.6 Å². The van der Waals surface area contributed by atoms with Gasteiger partial charge in [0.15, 0.2) is 0 Å². The van der Waals surface area contributed by atoms with E-state index < -0.39 is 36.4 Å². The van der Waals surface area contributed by atoms with E-state index in [2.05, 4.69) is 20.8 Å². The first-order valence-electron chi connectivity index (χ1n) is 13.0. The Hall–Kier alpha value is -3.49. The molecule has 9 nitrogen and oxygen atoms in total. The highest BCUT2D eigenvalue weighted by Crippen LogP contribution is 2.35. The number of amides is 1. The van der Waals surface area contributed by atoms with Gasteiger partial charge in [-0.25, -0.2) is 4.39 Å². The lowest BCUT2D eigenvalue weighted by Gasteiger charge is -2.33. The molecule has 14 heteroatoms. The van der Waals surface area contributed by atoms with E-state index in [1.807, 2.05) is 11.9 Å². The predicted octanol–water partition coefficient (Wildman–Crippen LogP) is 4.93. The number of rotatable bonds is 8. The molecule has 0 spiro atoms. The number of likely N-dealkylation sites (tertiary alicyclic amines) is 1. The average molecular weight is 595 g/mol. The molecule has 1 aromatic carbocycles. The molecule has 3 aromatic heterocycles. The molecule has 4 heterocycles. The molecule has 0 unspecified atom stereocenters. The van der Waals surface area contributed by atoms with Gasteiger partial charge in [-0.3, -0.25) is 4.79 Å². The highest BCUT2D eigenvalue weighted by molar-refractivity contribution is 7.14. The number of aliphatic hydroxyl groups is 1. The Kier molecular flexibility index (Phi) is 7.83. The summed E-state index contributed by atoms with van der Waals surface area (Å²) in [5, 5.41) is 20.3. The van der Waals surface area contributed by atoms with Crippen LogP contribution in [0.5, 0.6) is 0 Å². The average Bonchev–Trinajstić information content (AvgIpc) is 3.63. The summed E-state index contributed by atoms with van der Waals surface area (Å²) in [6.07, 6.45) is -5.12. The van der Waals surface area contributed by atoms with Gasteiger partial charge in [-0.05, 0) is 57.6 Å². The molecule has 0 aliphatic carbocycles. The maximum atomic E-state index is 14.7. The van der Waals surface area contributed by atoms with E-state index in [-0.39, 0.29) is 36.0 Å². The van der Waals surface area contributed by atoms with Gasteiger partial charge in [0.05, 0.1) is 34.3 Å². The minimum atomic E-state index is -4.54. The zero-order valence-corrected chi connectivity index (χ0v) is 23.4. The summed E-state index contributed by atoms with van der Waals surface area (Å²) in [7, 11) is 1.84. The Morgan fingerprint density at radius 1 is 1.24 bits per heavy atom. The third-order valence-electron chi connectivity index (χ3n) is 6.90. The van der Waals surface area contributed by atoms with Gasteiger partial charge in [0.2, 0.25) is 11.7 Å². The van der Waals surface area contributed by atoms with Crippen LogP contribution in [0.15, 0.2) is 40.9 Å². The number of hydrogen-bond donors (Lipinski definition) is 3. The summed E-state index contributed by atoms with van der Waals surface area (Å²) < 4.78 is 61.9. The number of thiophene rings is 1. The first-order chi connectivity index (χ1) is 19.3. The Labute approximate surface area is 237 Å². The first-order valence-corrected chi connectivity index (χ1v) is 13.8. The highest BCUT2D eigenvalue weighted by atomic mass is 32.1. The summed E-state index contributed by atoms with van der Waals surface area (Å²) in [4.78, 5) is 19.7. The molecule has 1 saturated heterocycles. The lowest BCUT2D eigenvalue weighted by molar-refractivity contribution is -0.139. The number of nitrogens with one attached hydrogen (secondary N) is 2. The Morgan fingerprint density at radius 3 is 2.71 bits per heavy atom. The smallest absolute Gasteiger partial charge is 0.385 e. The van der Waals surface area contributed by atoms with Crippen molar-refractivity contribution in [2.45, 2.75) is 57.3 Å². The molecule has 1 fully saturated rings. The zero-order valence-electron chi connectivity index (χ0n) is 22.6. The third-order valence-corrected chi connectivity index (χ3v) is 8.30. The van der Waals surface area contributed by atoms with Gasteiger partial charge in [-0.15, -0.1) is 11.3 Å². The normalized spacial score (nSPS) is 18.6. The number of halogens is 4. The van der Waals surface area contributed by atoms with Crippen molar-refractivity contribution in [3.8, 4) is 11.5 Å². The number of aromatic nitrogens is 3. The summed E-state index contributed by atoms with van der Waals surface area (Å²) >= 11 is 1.14. The largest absolute Gasteiger partial charge is 0.406 e. The van der Waals surface area contributed by atoms with Gasteiger partial charge in [0.1, 0.15) is 12.7 Å². The second-order valence-electron chi connectivity index (χ2n) is 10.7. The minimum absolute atomic E-state index is 0.00128. The van der Waals surface area contributed by atoms with Crippen LogP contribution in [0.4, 0.5) is 23.2 Å². The molecule has 0 radical (unpaired) electrons. The first kappa shape index (κ1) is 29.0. The fourth-order valence-corrected chi connectivity index (χ4v) is 5.75. The number of fused-ring (bicyclic) bond motifs is 1. The molecule has 5 rings (SSSR count). The summed E-state index contributed by atoms with van der Waals surface area (Å²) in [6.45, 7) is 2.75. The van der Waals surface area contributed by atoms with Crippen molar-refractivity contribution in [3.63, 3.8) is 0 Å². The molecule has 41 heavy (non-hydrogen) atoms. The van der Waals surface area contributed by atoms with Crippen molar-refractivity contribution in [1.82, 2.24) is 24.9 Å². The SMILES string of the molecule is CN1CC[C@@H](Nc2cccc3c2cc(-c2noc(CNC(=O)c4ccc(C(C)(C)O)s4)n2)n3CC(F)(F)F)[C@@H](F)C1. The van der Waals surface area contributed by atoms with Gasteiger partial charge < -0.3 is 29.7 Å². The summed E-state index contributed by atoms with van der Waals surface area (Å²) in [5.74, 6) is -0.502. The van der Waals surface area contributed by atoms with Crippen LogP contribution in [0, 0.1) is 0 Å². The van der Waals surface area contributed by atoms with Crippen LogP contribution in [0.3, 0.4) is 0 Å². The number of carbonyl (C=O) groups excluding carboxylic acids is 1. The number of nitrogens with zero attached hydrogens (tertiary/aromatic N) is 4. The fraction of sp³-hybridized carbons (Fsp3) is 0.444. The second-order valence-corrected chi connectivity index (χ2v) is 11.8. The predicted molar refractivity (Wildman–Crippen MR) is 146 cm³/mol. The number of benzene rings is 1. The Morgan fingerprint density at radius 2 is 2.02 bits per heavy atom. The van der Waals surface area contributed by atoms with E-state index in [4.69, 9.17) is 4.52 Å². The molecule has 3 N–H and O–H groups in total.